The minimum atomic E-state index is -0.441. The molecular weight excluding hydrogens is 166 g/mol. The van der Waals surface area contributed by atoms with Crippen LogP contribution in [0.1, 0.15) is 19.8 Å². The van der Waals surface area contributed by atoms with Crippen molar-refractivity contribution >= 4 is 5.78 Å². The van der Waals surface area contributed by atoms with E-state index in [2.05, 4.69) is 13.5 Å². The van der Waals surface area contributed by atoms with Crippen molar-refractivity contribution in [3.8, 4) is 0 Å². The lowest BCUT2D eigenvalue weighted by atomic mass is 10.1. The fourth-order valence-electron chi connectivity index (χ4n) is 0.874. The van der Waals surface area contributed by atoms with Gasteiger partial charge in [-0.25, -0.2) is 0 Å². The molecular formula is C10H18NO2. The Kier molecular flexibility index (Phi) is 6.45. The van der Waals surface area contributed by atoms with Crippen molar-refractivity contribution < 1.29 is 9.53 Å². The van der Waals surface area contributed by atoms with Gasteiger partial charge < -0.3 is 10.5 Å². The van der Waals surface area contributed by atoms with Crippen LogP contribution in [0.3, 0.4) is 0 Å². The van der Waals surface area contributed by atoms with Gasteiger partial charge in [-0.1, -0.05) is 13.5 Å². The molecule has 3 heteroatoms. The summed E-state index contributed by atoms with van der Waals surface area (Å²) in [6.07, 6.45) is 0.764. The number of nitrogens with two attached hydrogens (primary N) is 1. The molecule has 0 amide bonds. The molecule has 2 N–H and O–H groups in total. The molecule has 1 radical (unpaired) electrons. The number of ketones is 1. The van der Waals surface area contributed by atoms with Gasteiger partial charge in [-0.15, -0.1) is 0 Å². The minimum Gasteiger partial charge on any atom is -0.370 e. The predicted octanol–water partition coefficient (Wildman–Crippen LogP) is 1.09. The highest BCUT2D eigenvalue weighted by molar-refractivity contribution is 5.97. The van der Waals surface area contributed by atoms with Gasteiger partial charge in [-0.2, -0.15) is 0 Å². The highest BCUT2D eigenvalue weighted by Gasteiger charge is 2.16. The number of ether oxygens (including phenoxy) is 1. The first-order valence-corrected chi connectivity index (χ1v) is 4.44. The normalized spacial score (nSPS) is 12.5. The van der Waals surface area contributed by atoms with E-state index >= 15 is 0 Å². The molecule has 0 aliphatic rings. The zero-order valence-electron chi connectivity index (χ0n) is 8.21. The summed E-state index contributed by atoms with van der Waals surface area (Å²) in [6, 6.07) is 0. The van der Waals surface area contributed by atoms with Gasteiger partial charge in [0.15, 0.2) is 5.78 Å². The summed E-state index contributed by atoms with van der Waals surface area (Å²) in [4.78, 5) is 11.4. The second kappa shape index (κ2) is 6.80. The van der Waals surface area contributed by atoms with Crippen molar-refractivity contribution in [3.63, 3.8) is 0 Å². The molecule has 0 rings (SSSR count). The van der Waals surface area contributed by atoms with E-state index in [-0.39, 0.29) is 5.78 Å². The van der Waals surface area contributed by atoms with E-state index in [9.17, 15) is 4.79 Å². The molecule has 1 atom stereocenters. The average Bonchev–Trinajstić information content (AvgIpc) is 2.11. The molecule has 0 aliphatic carbocycles. The molecule has 0 aromatic rings. The highest BCUT2D eigenvalue weighted by atomic mass is 16.5. The summed E-state index contributed by atoms with van der Waals surface area (Å²) < 4.78 is 5.30. The number of Topliss-reactive ketones (excluding diaryl/α,β-unsaturated/α-hetero) is 1. The molecule has 1 unspecified atom stereocenters. The van der Waals surface area contributed by atoms with E-state index in [0.29, 0.717) is 25.1 Å². The van der Waals surface area contributed by atoms with Crippen molar-refractivity contribution in [1.29, 1.82) is 0 Å². The second-order valence-electron chi connectivity index (χ2n) is 2.93. The Morgan fingerprint density at radius 2 is 2.23 bits per heavy atom. The topological polar surface area (TPSA) is 52.3 Å². The second-order valence-corrected chi connectivity index (χ2v) is 2.93. The van der Waals surface area contributed by atoms with Gasteiger partial charge >= 0.3 is 0 Å². The number of rotatable bonds is 7. The Labute approximate surface area is 79.9 Å². The van der Waals surface area contributed by atoms with Crippen LogP contribution in [0.5, 0.6) is 0 Å². The lowest BCUT2D eigenvalue weighted by Gasteiger charge is -2.14. The van der Waals surface area contributed by atoms with Gasteiger partial charge in [-0.3, -0.25) is 4.79 Å². The van der Waals surface area contributed by atoms with Crippen LogP contribution in [-0.4, -0.2) is 25.0 Å². The van der Waals surface area contributed by atoms with Gasteiger partial charge in [0.05, 0.1) is 0 Å². The maximum atomic E-state index is 11.4. The maximum Gasteiger partial charge on any atom is 0.186 e. The van der Waals surface area contributed by atoms with Gasteiger partial charge in [0.2, 0.25) is 0 Å². The number of hydrogen-bond acceptors (Lipinski definition) is 3. The van der Waals surface area contributed by atoms with Crippen LogP contribution in [0, 0.1) is 6.92 Å². The molecule has 0 bridgehead atoms. The van der Waals surface area contributed by atoms with Crippen LogP contribution in [-0.2, 0) is 9.53 Å². The highest BCUT2D eigenvalue weighted by Crippen LogP contribution is 2.05. The van der Waals surface area contributed by atoms with Gasteiger partial charge in [0.1, 0.15) is 6.10 Å². The first-order chi connectivity index (χ1) is 6.13. The molecule has 13 heavy (non-hydrogen) atoms. The lowest BCUT2D eigenvalue weighted by molar-refractivity contribution is -0.126. The first kappa shape index (κ1) is 12.3. The van der Waals surface area contributed by atoms with Crippen molar-refractivity contribution in [2.75, 3.05) is 13.2 Å². The van der Waals surface area contributed by atoms with E-state index in [1.165, 1.54) is 0 Å². The zero-order chi connectivity index (χ0) is 10.3. The van der Waals surface area contributed by atoms with Gasteiger partial charge in [0.25, 0.3) is 0 Å². The third-order valence-electron chi connectivity index (χ3n) is 1.64. The average molecular weight is 184 g/mol. The largest absolute Gasteiger partial charge is 0.370 e. The third-order valence-corrected chi connectivity index (χ3v) is 1.64. The van der Waals surface area contributed by atoms with Crippen LogP contribution in [0.4, 0.5) is 0 Å². The van der Waals surface area contributed by atoms with E-state index in [1.54, 1.807) is 6.92 Å². The van der Waals surface area contributed by atoms with Crippen LogP contribution < -0.4 is 5.73 Å². The van der Waals surface area contributed by atoms with E-state index < -0.39 is 6.10 Å². The third kappa shape index (κ3) is 4.80. The molecule has 0 aliphatic heterocycles. The molecule has 0 fully saturated rings. The Morgan fingerprint density at radius 1 is 1.62 bits per heavy atom. The van der Waals surface area contributed by atoms with Crippen molar-refractivity contribution in [3.05, 3.63) is 19.1 Å². The Morgan fingerprint density at radius 3 is 2.62 bits per heavy atom. The summed E-state index contributed by atoms with van der Waals surface area (Å²) in [5.74, 6) is -0.0629. The lowest BCUT2D eigenvalue weighted by Crippen LogP contribution is -2.25. The minimum absolute atomic E-state index is 0.0629. The molecule has 0 saturated heterocycles. The number of carbonyl (C=O) groups is 1. The van der Waals surface area contributed by atoms with Crippen molar-refractivity contribution in [2.45, 2.75) is 25.9 Å². The van der Waals surface area contributed by atoms with Crippen LogP contribution in [0.2, 0.25) is 0 Å². The van der Waals surface area contributed by atoms with E-state index in [0.717, 1.165) is 6.42 Å². The maximum absolute atomic E-state index is 11.4. The first-order valence-electron chi connectivity index (χ1n) is 4.44. The molecule has 3 nitrogen and oxygen atoms in total. The molecule has 75 valence electrons. The van der Waals surface area contributed by atoms with Crippen molar-refractivity contribution in [1.82, 2.24) is 0 Å². The summed E-state index contributed by atoms with van der Waals surface area (Å²) in [6.45, 7) is 9.98. The fraction of sp³-hybridized carbons (Fsp3) is 0.600. The monoisotopic (exact) mass is 184 g/mol. The van der Waals surface area contributed by atoms with Crippen LogP contribution in [0.15, 0.2) is 12.2 Å². The molecule has 0 spiro atoms. The quantitative estimate of drug-likeness (QED) is 0.476. The molecule has 0 saturated carbocycles. The number of carbonyl (C=O) groups excluding carboxylic acids is 1. The van der Waals surface area contributed by atoms with Crippen LogP contribution in [0.25, 0.3) is 0 Å². The Hall–Kier alpha value is -0.670. The summed E-state index contributed by atoms with van der Waals surface area (Å²) in [7, 11) is 0. The summed E-state index contributed by atoms with van der Waals surface area (Å²) >= 11 is 0. The Balaban J connectivity index is 3.88. The van der Waals surface area contributed by atoms with Gasteiger partial charge in [0, 0.05) is 6.61 Å². The predicted molar refractivity (Wildman–Crippen MR) is 53.2 cm³/mol. The zero-order valence-corrected chi connectivity index (χ0v) is 8.21. The molecule has 0 aromatic heterocycles. The van der Waals surface area contributed by atoms with E-state index in [4.69, 9.17) is 10.5 Å². The van der Waals surface area contributed by atoms with E-state index in [1.807, 2.05) is 0 Å². The van der Waals surface area contributed by atoms with Gasteiger partial charge in [-0.05, 0) is 31.9 Å². The smallest absolute Gasteiger partial charge is 0.186 e. The summed E-state index contributed by atoms with van der Waals surface area (Å²) in [5, 5.41) is 0. The van der Waals surface area contributed by atoms with Crippen LogP contribution >= 0.6 is 0 Å². The van der Waals surface area contributed by atoms with Crippen molar-refractivity contribution in [2.24, 2.45) is 5.73 Å². The number of hydrogen-bond donors (Lipinski definition) is 1. The molecule has 0 aromatic carbocycles. The summed E-state index contributed by atoms with van der Waals surface area (Å²) in [5.41, 5.74) is 5.81. The fourth-order valence-corrected chi connectivity index (χ4v) is 0.874. The Bertz CT molecular complexity index is 178. The molecule has 0 heterocycles. The standard InChI is InChI=1S/C10H18NO2/c1-4-9(10(12)8(2)3)13-7-5-6-11/h9H,1-2,4-7,11H2,3H3. The SMILES string of the molecule is [CH2]CC(OCCCN)C(=O)C(=C)C.